The number of benzene rings is 1. The van der Waals surface area contributed by atoms with Crippen molar-refractivity contribution in [1.82, 2.24) is 4.57 Å². The summed E-state index contributed by atoms with van der Waals surface area (Å²) in [6.07, 6.45) is 9.34. The van der Waals surface area contributed by atoms with Crippen molar-refractivity contribution in [3.8, 4) is 0 Å². The van der Waals surface area contributed by atoms with E-state index in [0.29, 0.717) is 5.92 Å². The molecule has 164 valence electrons. The molecular weight excluding hydrogens is 362 g/mol. The van der Waals surface area contributed by atoms with Gasteiger partial charge in [0.25, 0.3) is 0 Å². The lowest BCUT2D eigenvalue weighted by Crippen LogP contribution is -2.05. The molecule has 0 saturated carbocycles. The van der Waals surface area contributed by atoms with Gasteiger partial charge in [-0.25, -0.2) is 0 Å². The second-order valence-electron chi connectivity index (χ2n) is 8.66. The van der Waals surface area contributed by atoms with Gasteiger partial charge in [0.05, 0.1) is 0 Å². The molecule has 0 radical (unpaired) electrons. The summed E-state index contributed by atoms with van der Waals surface area (Å²) in [6.45, 7) is 26.7. The number of hydrogen-bond acceptors (Lipinski definition) is 0. The second-order valence-corrected chi connectivity index (χ2v) is 8.66. The average Bonchev–Trinajstić information content (AvgIpc) is 2.85. The van der Waals surface area contributed by atoms with E-state index >= 15 is 0 Å². The molecule has 0 aliphatic rings. The minimum atomic E-state index is 0.577. The lowest BCUT2D eigenvalue weighted by atomic mass is 9.98. The van der Waals surface area contributed by atoms with Crippen LogP contribution in [-0.4, -0.2) is 4.57 Å². The molecule has 0 fully saturated rings. The summed E-state index contributed by atoms with van der Waals surface area (Å²) in [5.41, 5.74) is 12.7. The predicted octanol–water partition coefficient (Wildman–Crippen LogP) is 8.40. The summed E-state index contributed by atoms with van der Waals surface area (Å²) in [4.78, 5) is 0. The quantitative estimate of drug-likeness (QED) is 0.425. The second kappa shape index (κ2) is 11.8. The Labute approximate surface area is 186 Å². The highest BCUT2D eigenvalue weighted by Gasteiger charge is 2.16. The molecule has 1 heterocycles. The Bertz CT molecular complexity index is 893. The molecule has 0 N–H and O–H groups in total. The fraction of sp³-hybridized carbons (Fsp3) is 0.448. The molecule has 30 heavy (non-hydrogen) atoms. The molecule has 0 aliphatic carbocycles. The van der Waals surface area contributed by atoms with Gasteiger partial charge < -0.3 is 4.57 Å². The van der Waals surface area contributed by atoms with Crippen LogP contribution >= 0.6 is 0 Å². The highest BCUT2D eigenvalue weighted by molar-refractivity contribution is 5.40. The van der Waals surface area contributed by atoms with Gasteiger partial charge in [-0.2, -0.15) is 0 Å². The van der Waals surface area contributed by atoms with E-state index in [1.807, 2.05) is 6.08 Å². The summed E-state index contributed by atoms with van der Waals surface area (Å²) in [5, 5.41) is 0. The van der Waals surface area contributed by atoms with Gasteiger partial charge in [-0.05, 0) is 94.2 Å². The molecule has 0 spiro atoms. The molecular formula is C29H43N. The molecule has 2 rings (SSSR count). The Kier molecular flexibility index (Phi) is 10.1. The van der Waals surface area contributed by atoms with E-state index in [9.17, 15) is 0 Å². The van der Waals surface area contributed by atoms with Crippen molar-refractivity contribution in [2.24, 2.45) is 0 Å². The van der Waals surface area contributed by atoms with Crippen LogP contribution in [0, 0.1) is 41.5 Å². The summed E-state index contributed by atoms with van der Waals surface area (Å²) < 4.78 is 2.42. The Hall–Kier alpha value is -2.28. The molecule has 0 amide bonds. The van der Waals surface area contributed by atoms with Gasteiger partial charge in [0, 0.05) is 17.9 Å². The van der Waals surface area contributed by atoms with Gasteiger partial charge in [0.2, 0.25) is 0 Å². The van der Waals surface area contributed by atoms with E-state index in [2.05, 4.69) is 111 Å². The van der Waals surface area contributed by atoms with Crippen LogP contribution in [0.2, 0.25) is 0 Å². The van der Waals surface area contributed by atoms with Gasteiger partial charge in [-0.1, -0.05) is 69.4 Å². The van der Waals surface area contributed by atoms with Crippen LogP contribution in [0.1, 0.15) is 78.4 Å². The molecule has 1 nitrogen and oxygen atoms in total. The molecule has 1 aromatic carbocycles. The number of aromatic nitrogens is 1. The molecule has 1 aromatic heterocycles. The van der Waals surface area contributed by atoms with Gasteiger partial charge in [-0.3, -0.25) is 0 Å². The molecule has 0 atom stereocenters. The summed E-state index contributed by atoms with van der Waals surface area (Å²) in [6, 6.07) is 4.51. The van der Waals surface area contributed by atoms with E-state index in [0.717, 1.165) is 13.0 Å². The maximum Gasteiger partial charge on any atom is 0.0475 e. The van der Waals surface area contributed by atoms with E-state index in [1.165, 1.54) is 50.3 Å². The lowest BCUT2D eigenvalue weighted by molar-refractivity contribution is 0.735. The topological polar surface area (TPSA) is 4.93 Å². The maximum atomic E-state index is 3.80. The minimum absolute atomic E-state index is 0.577. The smallest absolute Gasteiger partial charge is 0.0475 e. The first-order valence-corrected chi connectivity index (χ1v) is 11.3. The summed E-state index contributed by atoms with van der Waals surface area (Å²) >= 11 is 0. The van der Waals surface area contributed by atoms with Crippen molar-refractivity contribution >= 4 is 0 Å². The van der Waals surface area contributed by atoms with Gasteiger partial charge >= 0.3 is 0 Å². The van der Waals surface area contributed by atoms with Crippen LogP contribution in [-0.2, 0) is 13.0 Å². The standard InChI is InChI=1S/C18H27N.C11H16/c1-8-10-17(11-9-2)12-19-15(6)14(5)18(13(3)4)16(19)7;1-5-11-9(3)6-8(2)7-10(11)4/h8-11,13H,1,12H2,2-7H3;6-7H,5H2,1-4H3/b11-9-,17-10+;. The predicted molar refractivity (Wildman–Crippen MR) is 136 cm³/mol. The summed E-state index contributed by atoms with van der Waals surface area (Å²) in [7, 11) is 0. The molecule has 2 aromatic rings. The SMILES string of the molecule is C=C/C=C(\C=C/C)Cn1c(C)c(C)c(C(C)C)c1C.CCc1c(C)cc(C)cc1C. The number of rotatable bonds is 6. The van der Waals surface area contributed by atoms with Crippen LogP contribution in [0.4, 0.5) is 0 Å². The highest BCUT2D eigenvalue weighted by atomic mass is 15.0. The monoisotopic (exact) mass is 405 g/mol. The Morgan fingerprint density at radius 1 is 1.00 bits per heavy atom. The third kappa shape index (κ3) is 6.36. The van der Waals surface area contributed by atoms with E-state index < -0.39 is 0 Å². The fourth-order valence-corrected chi connectivity index (χ4v) is 4.63. The number of hydrogen-bond donors (Lipinski definition) is 0. The first-order chi connectivity index (χ1) is 14.1. The normalized spacial score (nSPS) is 11.8. The first kappa shape index (κ1) is 25.8. The molecule has 0 bridgehead atoms. The molecule has 0 unspecified atom stereocenters. The maximum absolute atomic E-state index is 3.80. The lowest BCUT2D eigenvalue weighted by Gasteiger charge is -2.11. The van der Waals surface area contributed by atoms with Crippen molar-refractivity contribution in [2.45, 2.75) is 88.1 Å². The largest absolute Gasteiger partial charge is 0.344 e. The number of aryl methyl sites for hydroxylation is 3. The van der Waals surface area contributed by atoms with Crippen molar-refractivity contribution in [2.75, 3.05) is 0 Å². The average molecular weight is 406 g/mol. The third-order valence-corrected chi connectivity index (χ3v) is 5.97. The third-order valence-electron chi connectivity index (χ3n) is 5.97. The van der Waals surface area contributed by atoms with Crippen molar-refractivity contribution in [3.05, 3.63) is 93.4 Å². The molecule has 0 saturated heterocycles. The van der Waals surface area contributed by atoms with Crippen LogP contribution < -0.4 is 0 Å². The van der Waals surface area contributed by atoms with Crippen LogP contribution in [0.15, 0.2) is 48.6 Å². The van der Waals surface area contributed by atoms with Gasteiger partial charge in [0.15, 0.2) is 0 Å². The number of nitrogens with zero attached hydrogens (tertiary/aromatic N) is 1. The Morgan fingerprint density at radius 3 is 1.97 bits per heavy atom. The Morgan fingerprint density at radius 2 is 1.57 bits per heavy atom. The summed E-state index contributed by atoms with van der Waals surface area (Å²) in [5.74, 6) is 0.577. The van der Waals surface area contributed by atoms with E-state index in [-0.39, 0.29) is 0 Å². The van der Waals surface area contributed by atoms with Gasteiger partial charge in [-0.15, -0.1) is 0 Å². The number of allylic oxidation sites excluding steroid dienone is 5. The van der Waals surface area contributed by atoms with Crippen molar-refractivity contribution in [1.29, 1.82) is 0 Å². The van der Waals surface area contributed by atoms with Crippen molar-refractivity contribution in [3.63, 3.8) is 0 Å². The van der Waals surface area contributed by atoms with Crippen LogP contribution in [0.3, 0.4) is 0 Å². The fourth-order valence-electron chi connectivity index (χ4n) is 4.63. The van der Waals surface area contributed by atoms with E-state index in [4.69, 9.17) is 0 Å². The Balaban J connectivity index is 0.000000346. The zero-order valence-corrected chi connectivity index (χ0v) is 21.1. The first-order valence-electron chi connectivity index (χ1n) is 11.3. The van der Waals surface area contributed by atoms with Crippen molar-refractivity contribution < 1.29 is 0 Å². The molecule has 0 aliphatic heterocycles. The van der Waals surface area contributed by atoms with Crippen LogP contribution in [0.5, 0.6) is 0 Å². The van der Waals surface area contributed by atoms with E-state index in [1.54, 1.807) is 0 Å². The van der Waals surface area contributed by atoms with Gasteiger partial charge in [0.1, 0.15) is 0 Å². The minimum Gasteiger partial charge on any atom is -0.344 e. The zero-order chi connectivity index (χ0) is 23.0. The van der Waals surface area contributed by atoms with Crippen LogP contribution in [0.25, 0.3) is 0 Å². The highest BCUT2D eigenvalue weighted by Crippen LogP contribution is 2.29. The molecule has 1 heteroatoms. The zero-order valence-electron chi connectivity index (χ0n) is 21.1.